The van der Waals surface area contributed by atoms with Gasteiger partial charge in [0.15, 0.2) is 5.82 Å². The third-order valence-electron chi connectivity index (χ3n) is 2.60. The fourth-order valence-corrected chi connectivity index (χ4v) is 1.56. The molecule has 20 heavy (non-hydrogen) atoms. The van der Waals surface area contributed by atoms with Crippen molar-refractivity contribution >= 4 is 11.6 Å². The van der Waals surface area contributed by atoms with Gasteiger partial charge in [0.25, 0.3) is 5.69 Å². The summed E-state index contributed by atoms with van der Waals surface area (Å²) >= 11 is 0. The molecular formula is C11H12N6O3. The molecule has 1 amide bonds. The Morgan fingerprint density at radius 2 is 2.10 bits per heavy atom. The van der Waals surface area contributed by atoms with Gasteiger partial charge in [-0.2, -0.15) is 5.10 Å². The van der Waals surface area contributed by atoms with E-state index in [9.17, 15) is 14.9 Å². The van der Waals surface area contributed by atoms with Gasteiger partial charge < -0.3 is 0 Å². The molecule has 1 heterocycles. The number of carbonyl (C=O) groups is 1. The second kappa shape index (κ2) is 5.89. The second-order valence-corrected chi connectivity index (χ2v) is 3.95. The first kappa shape index (κ1) is 13.6. The maximum absolute atomic E-state index is 11.0. The van der Waals surface area contributed by atoms with E-state index < -0.39 is 4.92 Å². The summed E-state index contributed by atoms with van der Waals surface area (Å²) in [6.07, 6.45) is 1.68. The maximum atomic E-state index is 11.0. The quantitative estimate of drug-likeness (QED) is 0.348. The number of amides is 1. The minimum Gasteiger partial charge on any atom is -0.294 e. The van der Waals surface area contributed by atoms with Crippen LogP contribution in [0.5, 0.6) is 0 Å². The number of hydrogen-bond donors (Lipinski definition) is 2. The molecule has 0 aliphatic rings. The Labute approximate surface area is 113 Å². The van der Waals surface area contributed by atoms with Crippen LogP contribution in [0.25, 0.3) is 11.4 Å². The monoisotopic (exact) mass is 276 g/mol. The molecule has 0 aliphatic heterocycles. The highest BCUT2D eigenvalue weighted by Gasteiger charge is 2.08. The fraction of sp³-hybridized carbons (Fsp3) is 0.182. The van der Waals surface area contributed by atoms with E-state index in [0.29, 0.717) is 17.9 Å². The average molecular weight is 276 g/mol. The summed E-state index contributed by atoms with van der Waals surface area (Å²) in [5.74, 6) is 5.12. The van der Waals surface area contributed by atoms with Gasteiger partial charge in [0.2, 0.25) is 5.91 Å². The van der Waals surface area contributed by atoms with Crippen molar-refractivity contribution in [3.05, 3.63) is 40.7 Å². The zero-order chi connectivity index (χ0) is 14.5. The van der Waals surface area contributed by atoms with Crippen molar-refractivity contribution in [3.8, 4) is 11.4 Å². The lowest BCUT2D eigenvalue weighted by Gasteiger charge is -1.99. The molecule has 0 atom stereocenters. The molecule has 0 unspecified atom stereocenters. The van der Waals surface area contributed by atoms with E-state index in [1.807, 2.05) is 5.43 Å². The molecule has 0 aliphatic carbocycles. The van der Waals surface area contributed by atoms with Gasteiger partial charge in [-0.05, 0) is 12.1 Å². The van der Waals surface area contributed by atoms with Crippen LogP contribution in [0.3, 0.4) is 0 Å². The number of aryl methyl sites for hydroxylation is 1. The first-order chi connectivity index (χ1) is 9.60. The van der Waals surface area contributed by atoms with Gasteiger partial charge in [0.1, 0.15) is 6.33 Å². The van der Waals surface area contributed by atoms with Gasteiger partial charge >= 0.3 is 0 Å². The van der Waals surface area contributed by atoms with Crippen molar-refractivity contribution in [2.75, 3.05) is 0 Å². The van der Waals surface area contributed by atoms with Gasteiger partial charge in [-0.15, -0.1) is 0 Å². The third-order valence-corrected chi connectivity index (χ3v) is 2.60. The average Bonchev–Trinajstić information content (AvgIpc) is 2.93. The van der Waals surface area contributed by atoms with Crippen LogP contribution in [0.2, 0.25) is 0 Å². The highest BCUT2D eigenvalue weighted by atomic mass is 16.6. The van der Waals surface area contributed by atoms with Crippen molar-refractivity contribution in [2.24, 2.45) is 5.84 Å². The van der Waals surface area contributed by atoms with Crippen molar-refractivity contribution in [3.63, 3.8) is 0 Å². The van der Waals surface area contributed by atoms with Crippen molar-refractivity contribution in [2.45, 2.75) is 13.0 Å². The first-order valence-corrected chi connectivity index (χ1v) is 5.74. The smallest absolute Gasteiger partial charge is 0.269 e. The molecule has 104 valence electrons. The standard InChI is InChI=1S/C11H12N6O3/c12-14-10(18)5-6-16-7-13-11(15-16)8-1-3-9(4-2-8)17(19)20/h1-4,7H,5-6,12H2,(H,14,18). The molecule has 2 aromatic rings. The summed E-state index contributed by atoms with van der Waals surface area (Å²) in [6, 6.07) is 5.92. The largest absolute Gasteiger partial charge is 0.294 e. The highest BCUT2D eigenvalue weighted by Crippen LogP contribution is 2.18. The molecule has 9 nitrogen and oxygen atoms in total. The molecule has 0 radical (unpaired) electrons. The van der Waals surface area contributed by atoms with Crippen LogP contribution < -0.4 is 11.3 Å². The number of nitro benzene ring substituents is 1. The van der Waals surface area contributed by atoms with Crippen molar-refractivity contribution in [1.82, 2.24) is 20.2 Å². The van der Waals surface area contributed by atoms with E-state index in [1.165, 1.54) is 23.1 Å². The summed E-state index contributed by atoms with van der Waals surface area (Å²) in [5.41, 5.74) is 2.70. The number of benzene rings is 1. The summed E-state index contributed by atoms with van der Waals surface area (Å²) in [5, 5.41) is 14.7. The number of aromatic nitrogens is 3. The topological polar surface area (TPSA) is 129 Å². The van der Waals surface area contributed by atoms with Crippen LogP contribution >= 0.6 is 0 Å². The molecule has 0 spiro atoms. The molecule has 0 fully saturated rings. The van der Waals surface area contributed by atoms with E-state index in [2.05, 4.69) is 10.1 Å². The Bertz CT molecular complexity index is 621. The predicted molar refractivity (Wildman–Crippen MR) is 69.1 cm³/mol. The number of non-ortho nitro benzene ring substituents is 1. The number of nitro groups is 1. The number of nitrogens with zero attached hydrogens (tertiary/aromatic N) is 4. The molecular weight excluding hydrogens is 264 g/mol. The van der Waals surface area contributed by atoms with Crippen LogP contribution in [0.1, 0.15) is 6.42 Å². The van der Waals surface area contributed by atoms with E-state index in [1.54, 1.807) is 12.1 Å². The van der Waals surface area contributed by atoms with Crippen molar-refractivity contribution < 1.29 is 9.72 Å². The zero-order valence-corrected chi connectivity index (χ0v) is 10.4. The number of hydrazine groups is 1. The number of nitrogens with two attached hydrogens (primary N) is 1. The highest BCUT2D eigenvalue weighted by molar-refractivity contribution is 5.75. The van der Waals surface area contributed by atoms with E-state index >= 15 is 0 Å². The Morgan fingerprint density at radius 3 is 2.70 bits per heavy atom. The maximum Gasteiger partial charge on any atom is 0.269 e. The van der Waals surface area contributed by atoms with Crippen LogP contribution in [0.4, 0.5) is 5.69 Å². The lowest BCUT2D eigenvalue weighted by Crippen LogP contribution is -2.30. The molecule has 1 aromatic carbocycles. The minimum atomic E-state index is -0.471. The molecule has 0 saturated carbocycles. The van der Waals surface area contributed by atoms with Crippen LogP contribution in [0, 0.1) is 10.1 Å². The van der Waals surface area contributed by atoms with Gasteiger partial charge in [-0.3, -0.25) is 25.0 Å². The Hall–Kier alpha value is -2.81. The third kappa shape index (κ3) is 3.14. The number of nitrogens with one attached hydrogen (secondary N) is 1. The van der Waals surface area contributed by atoms with Gasteiger partial charge in [-0.25, -0.2) is 10.8 Å². The van der Waals surface area contributed by atoms with E-state index in [-0.39, 0.29) is 18.0 Å². The Morgan fingerprint density at radius 1 is 1.40 bits per heavy atom. The number of carbonyl (C=O) groups excluding carboxylic acids is 1. The van der Waals surface area contributed by atoms with Crippen LogP contribution in [-0.4, -0.2) is 25.6 Å². The molecule has 0 bridgehead atoms. The van der Waals surface area contributed by atoms with E-state index in [4.69, 9.17) is 5.84 Å². The van der Waals surface area contributed by atoms with Gasteiger partial charge in [0.05, 0.1) is 11.5 Å². The second-order valence-electron chi connectivity index (χ2n) is 3.95. The Kier molecular flexibility index (Phi) is 4.01. The summed E-state index contributed by atoms with van der Waals surface area (Å²) in [4.78, 5) is 25.2. The lowest BCUT2D eigenvalue weighted by atomic mass is 10.2. The van der Waals surface area contributed by atoms with E-state index in [0.717, 1.165) is 0 Å². The minimum absolute atomic E-state index is 0.00722. The molecule has 3 N–H and O–H groups in total. The molecule has 0 saturated heterocycles. The van der Waals surface area contributed by atoms with Crippen LogP contribution in [-0.2, 0) is 11.3 Å². The first-order valence-electron chi connectivity index (χ1n) is 5.74. The normalized spacial score (nSPS) is 10.2. The van der Waals surface area contributed by atoms with Crippen LogP contribution in [0.15, 0.2) is 30.6 Å². The molecule has 2 rings (SSSR count). The SMILES string of the molecule is NNC(=O)CCn1cnc(-c2ccc([N+](=O)[O-])cc2)n1. The summed E-state index contributed by atoms with van der Waals surface area (Å²) < 4.78 is 1.51. The number of rotatable bonds is 5. The molecule has 1 aromatic heterocycles. The van der Waals surface area contributed by atoms with Crippen molar-refractivity contribution in [1.29, 1.82) is 0 Å². The molecule has 9 heteroatoms. The fourth-order valence-electron chi connectivity index (χ4n) is 1.56. The Balaban J connectivity index is 2.08. The predicted octanol–water partition coefficient (Wildman–Crippen LogP) is 0.233. The zero-order valence-electron chi connectivity index (χ0n) is 10.4. The van der Waals surface area contributed by atoms with Gasteiger partial charge in [0, 0.05) is 24.1 Å². The van der Waals surface area contributed by atoms with Gasteiger partial charge in [-0.1, -0.05) is 0 Å². The summed E-state index contributed by atoms with van der Waals surface area (Å²) in [6.45, 7) is 0.350. The lowest BCUT2D eigenvalue weighted by molar-refractivity contribution is -0.384. The summed E-state index contributed by atoms with van der Waals surface area (Å²) in [7, 11) is 0. The number of hydrogen-bond acceptors (Lipinski definition) is 6.